The molecule has 0 aromatic carbocycles. The van der Waals surface area contributed by atoms with Crippen LogP contribution in [0.1, 0.15) is 12.8 Å². The number of carbonyl (C=O) groups is 1. The third kappa shape index (κ3) is 4.01. The number of carboxylic acids is 1. The molecule has 0 aromatic heterocycles. The topological polar surface area (TPSA) is 43.8 Å². The quantitative estimate of drug-likeness (QED) is 0.680. The van der Waals surface area contributed by atoms with Crippen molar-refractivity contribution in [3.63, 3.8) is 0 Å². The van der Waals surface area contributed by atoms with Gasteiger partial charge in [0.2, 0.25) is 0 Å². The lowest BCUT2D eigenvalue weighted by Gasteiger charge is -2.36. The molecule has 0 amide bonds. The number of aliphatic carboxylic acids is 1. The van der Waals surface area contributed by atoms with Crippen molar-refractivity contribution in [1.82, 2.24) is 9.80 Å². The molecule has 1 aliphatic heterocycles. The lowest BCUT2D eigenvalue weighted by molar-refractivity contribution is -0.139. The Balaban J connectivity index is 2.52. The smallest absolute Gasteiger partial charge is 0.317 e. The zero-order valence-corrected chi connectivity index (χ0v) is 9.35. The highest BCUT2D eigenvalue weighted by Crippen LogP contribution is 2.14. The lowest BCUT2D eigenvalue weighted by atomic mass is 10.0. The number of piperidine rings is 1. The Morgan fingerprint density at radius 1 is 1.73 bits per heavy atom. The summed E-state index contributed by atoms with van der Waals surface area (Å²) in [4.78, 5) is 15.0. The van der Waals surface area contributed by atoms with Crippen molar-refractivity contribution in [2.75, 3.05) is 33.2 Å². The second-order valence-corrected chi connectivity index (χ2v) is 4.17. The van der Waals surface area contributed by atoms with E-state index in [0.717, 1.165) is 25.9 Å². The maximum absolute atomic E-state index is 10.7. The van der Waals surface area contributed by atoms with Crippen LogP contribution in [0.5, 0.6) is 0 Å². The van der Waals surface area contributed by atoms with Crippen molar-refractivity contribution in [2.45, 2.75) is 18.9 Å². The Morgan fingerprint density at radius 2 is 2.47 bits per heavy atom. The molecule has 0 spiro atoms. The van der Waals surface area contributed by atoms with E-state index in [1.165, 1.54) is 0 Å². The number of rotatable bonds is 5. The fraction of sp³-hybridized carbons (Fsp3) is 0.727. The van der Waals surface area contributed by atoms with Gasteiger partial charge in [-0.05, 0) is 26.4 Å². The van der Waals surface area contributed by atoms with Gasteiger partial charge in [-0.1, -0.05) is 6.08 Å². The summed E-state index contributed by atoms with van der Waals surface area (Å²) in [6.45, 7) is 6.52. The van der Waals surface area contributed by atoms with Gasteiger partial charge in [0.25, 0.3) is 0 Å². The Bertz CT molecular complexity index is 231. The van der Waals surface area contributed by atoms with Gasteiger partial charge in [-0.15, -0.1) is 6.58 Å². The number of likely N-dealkylation sites (N-methyl/N-ethyl adjacent to an activating group) is 1. The van der Waals surface area contributed by atoms with Gasteiger partial charge in [0.15, 0.2) is 0 Å². The molecule has 1 rings (SSSR count). The van der Waals surface area contributed by atoms with Crippen molar-refractivity contribution < 1.29 is 9.90 Å². The largest absolute Gasteiger partial charge is 0.480 e. The van der Waals surface area contributed by atoms with E-state index in [0.29, 0.717) is 12.6 Å². The Hall–Kier alpha value is -0.870. The van der Waals surface area contributed by atoms with Crippen molar-refractivity contribution >= 4 is 5.97 Å². The van der Waals surface area contributed by atoms with E-state index in [-0.39, 0.29) is 6.54 Å². The minimum atomic E-state index is -0.759. The van der Waals surface area contributed by atoms with Gasteiger partial charge >= 0.3 is 5.97 Å². The predicted molar refractivity (Wildman–Crippen MR) is 59.9 cm³/mol. The van der Waals surface area contributed by atoms with Gasteiger partial charge in [-0.25, -0.2) is 0 Å². The van der Waals surface area contributed by atoms with Crippen LogP contribution in [0.15, 0.2) is 12.7 Å². The molecule has 15 heavy (non-hydrogen) atoms. The summed E-state index contributed by atoms with van der Waals surface area (Å²) in [5, 5.41) is 8.82. The average Bonchev–Trinajstić information content (AvgIpc) is 2.16. The monoisotopic (exact) mass is 212 g/mol. The van der Waals surface area contributed by atoms with E-state index in [1.54, 1.807) is 6.08 Å². The number of nitrogens with zero attached hydrogens (tertiary/aromatic N) is 2. The van der Waals surface area contributed by atoms with Crippen LogP contribution in [0, 0.1) is 0 Å². The molecule has 1 fully saturated rings. The maximum atomic E-state index is 10.7. The molecule has 0 aliphatic carbocycles. The van der Waals surface area contributed by atoms with E-state index in [2.05, 4.69) is 18.5 Å². The molecule has 86 valence electrons. The highest BCUT2D eigenvalue weighted by Gasteiger charge is 2.24. The van der Waals surface area contributed by atoms with Gasteiger partial charge in [0.05, 0.1) is 6.54 Å². The highest BCUT2D eigenvalue weighted by molar-refractivity contribution is 5.69. The van der Waals surface area contributed by atoms with Gasteiger partial charge in [0, 0.05) is 19.1 Å². The van der Waals surface area contributed by atoms with E-state index in [1.807, 2.05) is 4.90 Å². The second kappa shape index (κ2) is 5.88. The summed E-state index contributed by atoms with van der Waals surface area (Å²) >= 11 is 0. The first kappa shape index (κ1) is 12.2. The zero-order valence-electron chi connectivity index (χ0n) is 9.35. The first-order chi connectivity index (χ1) is 7.13. The molecule has 4 nitrogen and oxygen atoms in total. The van der Waals surface area contributed by atoms with E-state index in [9.17, 15) is 4.79 Å². The Labute approximate surface area is 91.2 Å². The van der Waals surface area contributed by atoms with Crippen molar-refractivity contribution in [3.05, 3.63) is 12.7 Å². The van der Waals surface area contributed by atoms with E-state index < -0.39 is 5.97 Å². The fourth-order valence-electron chi connectivity index (χ4n) is 2.12. The summed E-state index contributed by atoms with van der Waals surface area (Å²) in [6.07, 6.45) is 4.01. The molecule has 1 atom stereocenters. The van der Waals surface area contributed by atoms with Crippen molar-refractivity contribution in [2.24, 2.45) is 0 Å². The van der Waals surface area contributed by atoms with E-state index in [4.69, 9.17) is 5.11 Å². The van der Waals surface area contributed by atoms with Crippen LogP contribution in [0.3, 0.4) is 0 Å². The summed E-state index contributed by atoms with van der Waals surface area (Å²) in [6, 6.07) is 0.359. The molecule has 4 heteroatoms. The molecule has 0 radical (unpaired) electrons. The number of hydrogen-bond acceptors (Lipinski definition) is 3. The highest BCUT2D eigenvalue weighted by atomic mass is 16.4. The summed E-state index contributed by atoms with van der Waals surface area (Å²) in [5.41, 5.74) is 0. The normalized spacial score (nSPS) is 22.9. The molecular formula is C11H20N2O2. The molecule has 1 aliphatic rings. The van der Waals surface area contributed by atoms with E-state index >= 15 is 0 Å². The molecule has 0 saturated carbocycles. The van der Waals surface area contributed by atoms with Gasteiger partial charge < -0.3 is 10.0 Å². The molecule has 1 N–H and O–H groups in total. The van der Waals surface area contributed by atoms with Gasteiger partial charge in [-0.2, -0.15) is 0 Å². The Morgan fingerprint density at radius 3 is 3.00 bits per heavy atom. The van der Waals surface area contributed by atoms with Crippen LogP contribution in [-0.2, 0) is 4.79 Å². The van der Waals surface area contributed by atoms with Crippen LogP contribution < -0.4 is 0 Å². The minimum Gasteiger partial charge on any atom is -0.480 e. The molecule has 1 unspecified atom stereocenters. The van der Waals surface area contributed by atoms with Crippen LogP contribution in [0.25, 0.3) is 0 Å². The first-order valence-corrected chi connectivity index (χ1v) is 5.38. The lowest BCUT2D eigenvalue weighted by Crippen LogP contribution is -2.48. The molecule has 1 heterocycles. The fourth-order valence-corrected chi connectivity index (χ4v) is 2.12. The van der Waals surface area contributed by atoms with Crippen LogP contribution in [-0.4, -0.2) is 60.1 Å². The van der Waals surface area contributed by atoms with Crippen molar-refractivity contribution in [1.29, 1.82) is 0 Å². The SMILES string of the molecule is C=CCN(CC(=O)O)C1CCCN(C)C1. The number of likely N-dealkylation sites (tertiary alicyclic amines) is 1. The third-order valence-corrected chi connectivity index (χ3v) is 2.82. The number of carboxylic acid groups (broad SMARTS) is 1. The first-order valence-electron chi connectivity index (χ1n) is 5.38. The van der Waals surface area contributed by atoms with Crippen LogP contribution >= 0.6 is 0 Å². The predicted octanol–water partition coefficient (Wildman–Crippen LogP) is 0.653. The zero-order chi connectivity index (χ0) is 11.3. The second-order valence-electron chi connectivity index (χ2n) is 4.17. The average molecular weight is 212 g/mol. The molecule has 0 aromatic rings. The number of hydrogen-bond donors (Lipinski definition) is 1. The summed E-state index contributed by atoms with van der Waals surface area (Å²) in [5.74, 6) is -0.759. The minimum absolute atomic E-state index is 0.116. The summed E-state index contributed by atoms with van der Waals surface area (Å²) < 4.78 is 0. The van der Waals surface area contributed by atoms with Gasteiger partial charge in [0.1, 0.15) is 0 Å². The molecule has 1 saturated heterocycles. The molecule has 0 bridgehead atoms. The van der Waals surface area contributed by atoms with Crippen LogP contribution in [0.4, 0.5) is 0 Å². The third-order valence-electron chi connectivity index (χ3n) is 2.82. The maximum Gasteiger partial charge on any atom is 0.317 e. The van der Waals surface area contributed by atoms with Crippen LogP contribution in [0.2, 0.25) is 0 Å². The standard InChI is InChI=1S/C11H20N2O2/c1-3-6-13(9-11(14)15)10-5-4-7-12(2)8-10/h3,10H,1,4-9H2,2H3,(H,14,15). The molecular weight excluding hydrogens is 192 g/mol. The van der Waals surface area contributed by atoms with Gasteiger partial charge in [-0.3, -0.25) is 9.69 Å². The summed E-state index contributed by atoms with van der Waals surface area (Å²) in [7, 11) is 2.08. The Kier molecular flexibility index (Phi) is 4.78. The van der Waals surface area contributed by atoms with Crippen molar-refractivity contribution in [3.8, 4) is 0 Å².